The fourth-order valence-corrected chi connectivity index (χ4v) is 2.64. The minimum absolute atomic E-state index is 0.272. The molecule has 0 aliphatic rings. The number of carbonyl (C=O) groups is 1. The monoisotopic (exact) mass is 291 g/mol. The van der Waals surface area contributed by atoms with Crippen LogP contribution in [0.25, 0.3) is 22.2 Å². The van der Waals surface area contributed by atoms with Gasteiger partial charge in [0.1, 0.15) is 17.2 Å². The molecule has 0 bridgehead atoms. The lowest BCUT2D eigenvalue weighted by molar-refractivity contribution is 0.0698. The first-order valence-corrected chi connectivity index (χ1v) is 6.57. The summed E-state index contributed by atoms with van der Waals surface area (Å²) < 4.78 is 27.6. The fourth-order valence-electron chi connectivity index (χ4n) is 2.00. The molecule has 0 saturated heterocycles. The summed E-state index contributed by atoms with van der Waals surface area (Å²) in [4.78, 5) is 15.3. The van der Waals surface area contributed by atoms with Gasteiger partial charge >= 0.3 is 5.97 Å². The van der Waals surface area contributed by atoms with Crippen LogP contribution >= 0.6 is 11.3 Å². The van der Waals surface area contributed by atoms with Crippen LogP contribution in [0.4, 0.5) is 8.78 Å². The van der Waals surface area contributed by atoms with Crippen molar-refractivity contribution < 1.29 is 18.7 Å². The molecule has 3 rings (SSSR count). The van der Waals surface area contributed by atoms with E-state index in [2.05, 4.69) is 4.98 Å². The number of hydrogen-bond acceptors (Lipinski definition) is 3. The van der Waals surface area contributed by atoms with E-state index in [9.17, 15) is 18.7 Å². The normalized spacial score (nSPS) is 10.9. The first-order chi connectivity index (χ1) is 9.58. The number of pyridine rings is 1. The van der Waals surface area contributed by atoms with E-state index >= 15 is 0 Å². The molecule has 0 amide bonds. The molecular weight excluding hydrogens is 284 g/mol. The summed E-state index contributed by atoms with van der Waals surface area (Å²) >= 11 is 1.41. The van der Waals surface area contributed by atoms with Crippen LogP contribution in [0.3, 0.4) is 0 Å². The second-order valence-electron chi connectivity index (χ2n) is 4.13. The Bertz CT molecular complexity index is 816. The Morgan fingerprint density at radius 3 is 2.60 bits per heavy atom. The number of halogens is 2. The third-order valence-corrected chi connectivity index (χ3v) is 3.59. The Balaban J connectivity index is 2.43. The summed E-state index contributed by atoms with van der Waals surface area (Å²) in [6, 6.07) is 4.83. The second-order valence-corrected chi connectivity index (χ2v) is 4.91. The predicted octanol–water partition coefficient (Wildman–Crippen LogP) is 3.94. The maximum absolute atomic E-state index is 13.8. The lowest BCUT2D eigenvalue weighted by atomic mass is 10.0. The molecule has 2 aromatic heterocycles. The number of benzene rings is 1. The molecule has 0 aliphatic heterocycles. The number of aromatic nitrogens is 1. The molecular formula is C14H7F2NO2S. The molecule has 3 aromatic rings. The highest BCUT2D eigenvalue weighted by Gasteiger charge is 2.18. The van der Waals surface area contributed by atoms with E-state index < -0.39 is 17.6 Å². The van der Waals surface area contributed by atoms with Crippen LogP contribution in [0, 0.1) is 11.6 Å². The molecule has 0 atom stereocenters. The van der Waals surface area contributed by atoms with Gasteiger partial charge in [0.15, 0.2) is 0 Å². The summed E-state index contributed by atoms with van der Waals surface area (Å²) in [6.07, 6.45) is 0. The molecule has 2 heterocycles. The zero-order chi connectivity index (χ0) is 14.3. The van der Waals surface area contributed by atoms with Crippen molar-refractivity contribution in [3.63, 3.8) is 0 Å². The van der Waals surface area contributed by atoms with Crippen molar-refractivity contribution in [2.75, 3.05) is 0 Å². The number of carboxylic acid groups (broad SMARTS) is 1. The van der Waals surface area contributed by atoms with Crippen molar-refractivity contribution in [2.24, 2.45) is 0 Å². The molecule has 20 heavy (non-hydrogen) atoms. The standard InChI is InChI=1S/C14H7F2NO2S/c15-9-1-2-10(16)13-12(9)8(14(18)19)5-11(17-13)7-3-4-20-6-7/h1-6H,(H,18,19). The quantitative estimate of drug-likeness (QED) is 0.778. The minimum atomic E-state index is -1.32. The van der Waals surface area contributed by atoms with Crippen LogP contribution in [0.1, 0.15) is 10.4 Å². The Morgan fingerprint density at radius 1 is 1.20 bits per heavy atom. The van der Waals surface area contributed by atoms with E-state index in [1.165, 1.54) is 17.4 Å². The number of aromatic carboxylic acids is 1. The van der Waals surface area contributed by atoms with E-state index in [1.807, 2.05) is 0 Å². The van der Waals surface area contributed by atoms with Crippen molar-refractivity contribution >= 4 is 28.2 Å². The zero-order valence-electron chi connectivity index (χ0n) is 9.93. The molecule has 0 aliphatic carbocycles. The Hall–Kier alpha value is -2.34. The van der Waals surface area contributed by atoms with Crippen LogP contribution in [-0.2, 0) is 0 Å². The predicted molar refractivity (Wildman–Crippen MR) is 71.9 cm³/mol. The molecule has 3 nitrogen and oxygen atoms in total. The molecule has 1 N–H and O–H groups in total. The molecule has 0 spiro atoms. The van der Waals surface area contributed by atoms with Crippen molar-refractivity contribution in [1.82, 2.24) is 4.98 Å². The van der Waals surface area contributed by atoms with E-state index in [4.69, 9.17) is 0 Å². The Kier molecular flexibility index (Phi) is 2.94. The van der Waals surface area contributed by atoms with Gasteiger partial charge in [-0.25, -0.2) is 18.6 Å². The van der Waals surface area contributed by atoms with Crippen molar-refractivity contribution in [3.05, 3.63) is 52.2 Å². The van der Waals surface area contributed by atoms with Gasteiger partial charge < -0.3 is 5.11 Å². The smallest absolute Gasteiger partial charge is 0.336 e. The number of carboxylic acids is 1. The number of thiophene rings is 1. The topological polar surface area (TPSA) is 50.2 Å². The maximum Gasteiger partial charge on any atom is 0.336 e. The van der Waals surface area contributed by atoms with Gasteiger partial charge in [-0.1, -0.05) is 0 Å². The molecule has 0 unspecified atom stereocenters. The lowest BCUT2D eigenvalue weighted by Gasteiger charge is -2.07. The SMILES string of the molecule is O=C(O)c1cc(-c2ccsc2)nc2c(F)ccc(F)c12. The number of nitrogens with zero attached hydrogens (tertiary/aromatic N) is 1. The van der Waals surface area contributed by atoms with E-state index in [-0.39, 0.29) is 16.5 Å². The lowest BCUT2D eigenvalue weighted by Crippen LogP contribution is -2.03. The third kappa shape index (κ3) is 1.94. The minimum Gasteiger partial charge on any atom is -0.478 e. The van der Waals surface area contributed by atoms with Crippen LogP contribution in [0.2, 0.25) is 0 Å². The van der Waals surface area contributed by atoms with Gasteiger partial charge in [0.05, 0.1) is 16.6 Å². The van der Waals surface area contributed by atoms with E-state index in [0.29, 0.717) is 11.3 Å². The van der Waals surface area contributed by atoms with Gasteiger partial charge in [-0.3, -0.25) is 0 Å². The Morgan fingerprint density at radius 2 is 1.95 bits per heavy atom. The van der Waals surface area contributed by atoms with Gasteiger partial charge in [-0.15, -0.1) is 0 Å². The summed E-state index contributed by atoms with van der Waals surface area (Å²) in [5.74, 6) is -2.87. The highest BCUT2D eigenvalue weighted by atomic mass is 32.1. The van der Waals surface area contributed by atoms with Gasteiger partial charge in [0, 0.05) is 10.9 Å². The van der Waals surface area contributed by atoms with Crippen LogP contribution < -0.4 is 0 Å². The van der Waals surface area contributed by atoms with Gasteiger partial charge in [0.2, 0.25) is 0 Å². The Labute approximate surface area is 116 Å². The molecule has 1 aromatic carbocycles. The van der Waals surface area contributed by atoms with Crippen molar-refractivity contribution in [1.29, 1.82) is 0 Å². The number of fused-ring (bicyclic) bond motifs is 1. The summed E-state index contributed by atoms with van der Waals surface area (Å²) in [6.45, 7) is 0. The number of rotatable bonds is 2. The molecule has 0 radical (unpaired) electrons. The van der Waals surface area contributed by atoms with Crippen molar-refractivity contribution in [2.45, 2.75) is 0 Å². The third-order valence-electron chi connectivity index (χ3n) is 2.91. The van der Waals surface area contributed by atoms with E-state index in [0.717, 1.165) is 12.1 Å². The first-order valence-electron chi connectivity index (χ1n) is 5.62. The first kappa shape index (κ1) is 12.7. The van der Waals surface area contributed by atoms with Crippen molar-refractivity contribution in [3.8, 4) is 11.3 Å². The molecule has 100 valence electrons. The molecule has 6 heteroatoms. The molecule has 0 fully saturated rings. The van der Waals surface area contributed by atoms with Crippen LogP contribution in [0.5, 0.6) is 0 Å². The van der Waals surface area contributed by atoms with E-state index in [1.54, 1.807) is 16.8 Å². The van der Waals surface area contributed by atoms with Crippen LogP contribution in [-0.4, -0.2) is 16.1 Å². The molecule has 0 saturated carbocycles. The van der Waals surface area contributed by atoms with Gasteiger partial charge in [-0.2, -0.15) is 11.3 Å². The maximum atomic E-state index is 13.8. The second kappa shape index (κ2) is 4.64. The van der Waals surface area contributed by atoms with Gasteiger partial charge in [0.25, 0.3) is 0 Å². The largest absolute Gasteiger partial charge is 0.478 e. The number of hydrogen-bond donors (Lipinski definition) is 1. The summed E-state index contributed by atoms with van der Waals surface area (Å²) in [5, 5.41) is 12.5. The highest BCUT2D eigenvalue weighted by Crippen LogP contribution is 2.29. The summed E-state index contributed by atoms with van der Waals surface area (Å²) in [5.41, 5.74) is 0.406. The van der Waals surface area contributed by atoms with Crippen LogP contribution in [0.15, 0.2) is 35.0 Å². The average Bonchev–Trinajstić information content (AvgIpc) is 2.96. The summed E-state index contributed by atoms with van der Waals surface area (Å²) in [7, 11) is 0. The average molecular weight is 291 g/mol. The highest BCUT2D eigenvalue weighted by molar-refractivity contribution is 7.08. The fraction of sp³-hybridized carbons (Fsp3) is 0. The zero-order valence-corrected chi connectivity index (χ0v) is 10.7. The van der Waals surface area contributed by atoms with Gasteiger partial charge in [-0.05, 0) is 29.6 Å².